The largest absolute Gasteiger partial charge is 0.313 e. The Bertz CT molecular complexity index is 318. The Kier molecular flexibility index (Phi) is 4.73. The monoisotopic (exact) mass is 235 g/mol. The van der Waals surface area contributed by atoms with Gasteiger partial charge < -0.3 is 5.32 Å². The van der Waals surface area contributed by atoms with Gasteiger partial charge in [0.05, 0.1) is 0 Å². The summed E-state index contributed by atoms with van der Waals surface area (Å²) in [5.41, 5.74) is 1.36. The summed E-state index contributed by atoms with van der Waals surface area (Å²) >= 11 is 1.96. The third kappa shape index (κ3) is 3.84. The van der Waals surface area contributed by atoms with Gasteiger partial charge in [-0.2, -0.15) is 0 Å². The highest BCUT2D eigenvalue weighted by atomic mass is 32.2. The van der Waals surface area contributed by atoms with Crippen LogP contribution in [0.4, 0.5) is 0 Å². The van der Waals surface area contributed by atoms with E-state index < -0.39 is 0 Å². The summed E-state index contributed by atoms with van der Waals surface area (Å²) < 4.78 is 0. The lowest BCUT2D eigenvalue weighted by atomic mass is 10.2. The zero-order valence-corrected chi connectivity index (χ0v) is 10.9. The van der Waals surface area contributed by atoms with E-state index >= 15 is 0 Å². The van der Waals surface area contributed by atoms with Crippen molar-refractivity contribution in [2.24, 2.45) is 0 Å². The predicted octanol–water partition coefficient (Wildman–Crippen LogP) is 3.62. The molecule has 0 amide bonds. The Balaban J connectivity index is 1.64. The van der Waals surface area contributed by atoms with Crippen LogP contribution in [0.2, 0.25) is 0 Å². The van der Waals surface area contributed by atoms with Crippen molar-refractivity contribution in [2.45, 2.75) is 43.5 Å². The molecule has 0 unspecified atom stereocenters. The lowest BCUT2D eigenvalue weighted by molar-refractivity contribution is 0.545. The third-order valence-electron chi connectivity index (χ3n) is 3.15. The molecule has 1 N–H and O–H groups in total. The first kappa shape index (κ1) is 12.0. The summed E-state index contributed by atoms with van der Waals surface area (Å²) in [6.07, 6.45) is 5.61. The van der Waals surface area contributed by atoms with Crippen LogP contribution in [0.5, 0.6) is 0 Å². The van der Waals surface area contributed by atoms with Gasteiger partial charge in [-0.3, -0.25) is 0 Å². The molecule has 1 fully saturated rings. The molecule has 1 nitrogen and oxygen atoms in total. The fraction of sp³-hybridized carbons (Fsp3) is 0.571. The molecule has 0 aromatic heterocycles. The summed E-state index contributed by atoms with van der Waals surface area (Å²) in [4.78, 5) is 1.40. The minimum absolute atomic E-state index is 0.804. The van der Waals surface area contributed by atoms with Crippen LogP contribution >= 0.6 is 11.8 Å². The van der Waals surface area contributed by atoms with Crippen LogP contribution in [0.3, 0.4) is 0 Å². The van der Waals surface area contributed by atoms with Gasteiger partial charge in [-0.25, -0.2) is 0 Å². The third-order valence-corrected chi connectivity index (χ3v) is 4.14. The van der Waals surface area contributed by atoms with Crippen LogP contribution in [0, 0.1) is 6.92 Å². The van der Waals surface area contributed by atoms with Crippen molar-refractivity contribution >= 4 is 11.8 Å². The van der Waals surface area contributed by atoms with E-state index in [9.17, 15) is 0 Å². The number of aryl methyl sites for hydroxylation is 1. The van der Waals surface area contributed by atoms with Crippen LogP contribution in [0.1, 0.15) is 31.2 Å². The summed E-state index contributed by atoms with van der Waals surface area (Å²) in [6.45, 7) is 3.30. The van der Waals surface area contributed by atoms with Crippen molar-refractivity contribution in [3.63, 3.8) is 0 Å². The maximum absolute atomic E-state index is 3.65. The molecule has 0 saturated heterocycles. The molecule has 2 rings (SSSR count). The van der Waals surface area contributed by atoms with E-state index in [0.29, 0.717) is 0 Å². The molecule has 16 heavy (non-hydrogen) atoms. The average molecular weight is 235 g/mol. The predicted molar refractivity (Wildman–Crippen MR) is 72.2 cm³/mol. The summed E-state index contributed by atoms with van der Waals surface area (Å²) in [5, 5.41) is 3.65. The first-order valence-electron chi connectivity index (χ1n) is 6.27. The van der Waals surface area contributed by atoms with E-state index in [1.54, 1.807) is 0 Å². The zero-order valence-electron chi connectivity index (χ0n) is 10.0. The number of nitrogens with one attached hydrogen (secondary N) is 1. The van der Waals surface area contributed by atoms with Crippen molar-refractivity contribution in [1.29, 1.82) is 0 Å². The minimum atomic E-state index is 0.804. The van der Waals surface area contributed by atoms with Crippen molar-refractivity contribution < 1.29 is 0 Å². The number of benzene rings is 1. The van der Waals surface area contributed by atoms with Crippen molar-refractivity contribution in [3.05, 3.63) is 29.8 Å². The molecule has 0 heterocycles. The molecule has 0 aliphatic heterocycles. The van der Waals surface area contributed by atoms with E-state index in [0.717, 1.165) is 12.6 Å². The van der Waals surface area contributed by atoms with Crippen LogP contribution in [0.15, 0.2) is 29.2 Å². The van der Waals surface area contributed by atoms with Crippen LogP contribution in [-0.2, 0) is 0 Å². The number of hydrogen-bond donors (Lipinski definition) is 1. The Labute approximate surface area is 103 Å². The van der Waals surface area contributed by atoms with Crippen molar-refractivity contribution in [1.82, 2.24) is 5.32 Å². The molecular formula is C14H21NS. The Morgan fingerprint density at radius 2 is 2.12 bits per heavy atom. The molecule has 0 atom stereocenters. The number of thioether (sulfide) groups is 1. The Hall–Kier alpha value is -0.470. The lowest BCUT2D eigenvalue weighted by Gasteiger charge is -2.11. The standard InChI is InChI=1S/C14H21NS/c1-12-5-4-8-14(11-12)16-10-9-15-13-6-2-3-7-13/h4-5,8,11,13,15H,2-3,6-7,9-10H2,1H3. The van der Waals surface area contributed by atoms with E-state index in [1.807, 2.05) is 11.8 Å². The molecular weight excluding hydrogens is 214 g/mol. The molecule has 1 aromatic rings. The summed E-state index contributed by atoms with van der Waals surface area (Å²) in [5.74, 6) is 1.18. The first-order chi connectivity index (χ1) is 7.84. The van der Waals surface area contributed by atoms with Crippen LogP contribution in [0.25, 0.3) is 0 Å². The maximum Gasteiger partial charge on any atom is 0.0106 e. The van der Waals surface area contributed by atoms with Gasteiger partial charge in [0, 0.05) is 23.2 Å². The fourth-order valence-electron chi connectivity index (χ4n) is 2.27. The fourth-order valence-corrected chi connectivity index (χ4v) is 3.17. The molecule has 0 radical (unpaired) electrons. The molecule has 1 aliphatic carbocycles. The SMILES string of the molecule is Cc1cccc(SCCNC2CCCC2)c1. The maximum atomic E-state index is 3.65. The molecule has 1 aliphatic rings. The number of rotatable bonds is 5. The highest BCUT2D eigenvalue weighted by molar-refractivity contribution is 7.99. The second-order valence-corrected chi connectivity index (χ2v) is 5.77. The van der Waals surface area contributed by atoms with Crippen LogP contribution < -0.4 is 5.32 Å². The van der Waals surface area contributed by atoms with Gasteiger partial charge in [0.1, 0.15) is 0 Å². The Morgan fingerprint density at radius 1 is 1.31 bits per heavy atom. The first-order valence-corrected chi connectivity index (χ1v) is 7.26. The number of hydrogen-bond acceptors (Lipinski definition) is 2. The molecule has 0 spiro atoms. The van der Waals surface area contributed by atoms with E-state index in [1.165, 1.54) is 41.9 Å². The molecule has 1 aromatic carbocycles. The Morgan fingerprint density at radius 3 is 2.88 bits per heavy atom. The van der Waals surface area contributed by atoms with Gasteiger partial charge in [-0.1, -0.05) is 30.5 Å². The van der Waals surface area contributed by atoms with Gasteiger partial charge in [0.15, 0.2) is 0 Å². The molecule has 1 saturated carbocycles. The topological polar surface area (TPSA) is 12.0 Å². The van der Waals surface area contributed by atoms with Gasteiger partial charge in [-0.15, -0.1) is 11.8 Å². The van der Waals surface area contributed by atoms with Gasteiger partial charge in [-0.05, 0) is 31.9 Å². The van der Waals surface area contributed by atoms with Crippen molar-refractivity contribution in [2.75, 3.05) is 12.3 Å². The van der Waals surface area contributed by atoms with Crippen LogP contribution in [-0.4, -0.2) is 18.3 Å². The highest BCUT2D eigenvalue weighted by Crippen LogP contribution is 2.20. The van der Waals surface area contributed by atoms with E-state index in [2.05, 4.69) is 36.5 Å². The van der Waals surface area contributed by atoms with Gasteiger partial charge in [0.25, 0.3) is 0 Å². The normalized spacial score (nSPS) is 16.8. The smallest absolute Gasteiger partial charge is 0.0106 e. The summed E-state index contributed by atoms with van der Waals surface area (Å²) in [7, 11) is 0. The van der Waals surface area contributed by atoms with Crippen molar-refractivity contribution in [3.8, 4) is 0 Å². The second kappa shape index (κ2) is 6.31. The van der Waals surface area contributed by atoms with Gasteiger partial charge >= 0.3 is 0 Å². The minimum Gasteiger partial charge on any atom is -0.313 e. The molecule has 0 bridgehead atoms. The molecule has 88 valence electrons. The van der Waals surface area contributed by atoms with E-state index in [-0.39, 0.29) is 0 Å². The highest BCUT2D eigenvalue weighted by Gasteiger charge is 2.13. The second-order valence-electron chi connectivity index (χ2n) is 4.60. The molecule has 2 heteroatoms. The lowest BCUT2D eigenvalue weighted by Crippen LogP contribution is -2.27. The van der Waals surface area contributed by atoms with E-state index in [4.69, 9.17) is 0 Å². The quantitative estimate of drug-likeness (QED) is 0.618. The summed E-state index contributed by atoms with van der Waals surface area (Å²) in [6, 6.07) is 9.56. The zero-order chi connectivity index (χ0) is 11.2. The average Bonchev–Trinajstić information content (AvgIpc) is 2.77. The van der Waals surface area contributed by atoms with Gasteiger partial charge in [0.2, 0.25) is 0 Å².